The van der Waals surface area contributed by atoms with Gasteiger partial charge in [-0.2, -0.15) is 0 Å². The summed E-state index contributed by atoms with van der Waals surface area (Å²) in [5.41, 5.74) is 6.81. The summed E-state index contributed by atoms with van der Waals surface area (Å²) in [5.74, 6) is 0.826. The lowest BCUT2D eigenvalue weighted by Crippen LogP contribution is -2.30. The van der Waals surface area contributed by atoms with Crippen LogP contribution in [0.4, 0.5) is 0 Å². The average Bonchev–Trinajstić information content (AvgIpc) is 2.94. The highest BCUT2D eigenvalue weighted by Gasteiger charge is 2.29. The SMILES string of the molecule is CC(CCN)CCC(=O)N1CCCC1c1cccc(Br)c1. The van der Waals surface area contributed by atoms with Crippen LogP contribution in [0.2, 0.25) is 0 Å². The van der Waals surface area contributed by atoms with Crippen LogP contribution in [-0.4, -0.2) is 23.9 Å². The Morgan fingerprint density at radius 1 is 1.48 bits per heavy atom. The fourth-order valence-corrected chi connectivity index (χ4v) is 3.48. The first-order valence-corrected chi connectivity index (χ1v) is 8.66. The average molecular weight is 353 g/mol. The quantitative estimate of drug-likeness (QED) is 0.844. The zero-order valence-electron chi connectivity index (χ0n) is 12.7. The summed E-state index contributed by atoms with van der Waals surface area (Å²) < 4.78 is 1.08. The van der Waals surface area contributed by atoms with E-state index in [-0.39, 0.29) is 6.04 Å². The molecular formula is C17H25BrN2O. The van der Waals surface area contributed by atoms with Crippen LogP contribution < -0.4 is 5.73 Å². The van der Waals surface area contributed by atoms with Crippen molar-refractivity contribution in [2.75, 3.05) is 13.1 Å². The third kappa shape index (κ3) is 4.55. The monoisotopic (exact) mass is 352 g/mol. The summed E-state index contributed by atoms with van der Waals surface area (Å²) >= 11 is 3.52. The number of amides is 1. The van der Waals surface area contributed by atoms with Crippen LogP contribution in [0.25, 0.3) is 0 Å². The van der Waals surface area contributed by atoms with Gasteiger partial charge in [-0.25, -0.2) is 0 Å². The molecule has 2 atom stereocenters. The van der Waals surface area contributed by atoms with Gasteiger partial charge in [0.05, 0.1) is 6.04 Å². The molecular weight excluding hydrogens is 328 g/mol. The number of benzene rings is 1. The smallest absolute Gasteiger partial charge is 0.223 e. The fourth-order valence-electron chi connectivity index (χ4n) is 3.07. The Hall–Kier alpha value is -0.870. The first-order chi connectivity index (χ1) is 10.1. The third-order valence-electron chi connectivity index (χ3n) is 4.32. The van der Waals surface area contributed by atoms with Crippen LogP contribution in [-0.2, 0) is 4.79 Å². The maximum Gasteiger partial charge on any atom is 0.223 e. The molecule has 1 fully saturated rings. The van der Waals surface area contributed by atoms with Crippen LogP contribution in [0.5, 0.6) is 0 Å². The van der Waals surface area contributed by atoms with E-state index in [1.54, 1.807) is 0 Å². The molecule has 4 heteroatoms. The first kappa shape index (κ1) is 16.5. The molecule has 0 aromatic heterocycles. The number of carbonyl (C=O) groups excluding carboxylic acids is 1. The minimum atomic E-state index is 0.250. The standard InChI is InChI=1S/C17H25BrN2O/c1-13(9-10-19)7-8-17(21)20-11-3-6-16(20)14-4-2-5-15(18)12-14/h2,4-5,12-13,16H,3,6-11,19H2,1H3. The van der Waals surface area contributed by atoms with Crippen molar-refractivity contribution in [1.82, 2.24) is 4.90 Å². The zero-order valence-corrected chi connectivity index (χ0v) is 14.3. The van der Waals surface area contributed by atoms with Gasteiger partial charge in [0.25, 0.3) is 0 Å². The molecule has 2 rings (SSSR count). The molecule has 1 heterocycles. The largest absolute Gasteiger partial charge is 0.336 e. The highest BCUT2D eigenvalue weighted by molar-refractivity contribution is 9.10. The van der Waals surface area contributed by atoms with E-state index in [0.29, 0.717) is 24.8 Å². The van der Waals surface area contributed by atoms with Gasteiger partial charge < -0.3 is 10.6 Å². The Labute approximate surface area is 136 Å². The topological polar surface area (TPSA) is 46.3 Å². The third-order valence-corrected chi connectivity index (χ3v) is 4.81. The molecule has 3 nitrogen and oxygen atoms in total. The normalized spacial score (nSPS) is 19.8. The maximum absolute atomic E-state index is 12.5. The van der Waals surface area contributed by atoms with Crippen molar-refractivity contribution in [2.45, 2.75) is 45.1 Å². The maximum atomic E-state index is 12.5. The molecule has 1 aliphatic heterocycles. The molecule has 2 unspecified atom stereocenters. The van der Waals surface area contributed by atoms with Gasteiger partial charge in [0, 0.05) is 17.4 Å². The number of carbonyl (C=O) groups is 1. The van der Waals surface area contributed by atoms with Gasteiger partial charge in [-0.3, -0.25) is 4.79 Å². The Morgan fingerprint density at radius 3 is 3.00 bits per heavy atom. The Morgan fingerprint density at radius 2 is 2.29 bits per heavy atom. The van der Waals surface area contributed by atoms with Crippen molar-refractivity contribution in [2.24, 2.45) is 11.7 Å². The Kier molecular flexibility index (Phi) is 6.24. The lowest BCUT2D eigenvalue weighted by atomic mass is 10.0. The predicted molar refractivity (Wildman–Crippen MR) is 89.9 cm³/mol. The lowest BCUT2D eigenvalue weighted by molar-refractivity contribution is -0.132. The van der Waals surface area contributed by atoms with Gasteiger partial charge >= 0.3 is 0 Å². The van der Waals surface area contributed by atoms with Crippen molar-refractivity contribution in [3.63, 3.8) is 0 Å². The molecule has 21 heavy (non-hydrogen) atoms. The molecule has 1 aromatic rings. The van der Waals surface area contributed by atoms with Gasteiger partial charge in [-0.15, -0.1) is 0 Å². The molecule has 0 bridgehead atoms. The fraction of sp³-hybridized carbons (Fsp3) is 0.588. The lowest BCUT2D eigenvalue weighted by Gasteiger charge is -2.26. The molecule has 1 aromatic carbocycles. The van der Waals surface area contributed by atoms with Crippen LogP contribution in [0.3, 0.4) is 0 Å². The number of nitrogens with two attached hydrogens (primary N) is 1. The molecule has 0 saturated carbocycles. The van der Waals surface area contributed by atoms with Crippen molar-refractivity contribution >= 4 is 21.8 Å². The van der Waals surface area contributed by atoms with Gasteiger partial charge in [-0.1, -0.05) is 35.0 Å². The van der Waals surface area contributed by atoms with E-state index in [1.165, 1.54) is 5.56 Å². The number of halogens is 1. The summed E-state index contributed by atoms with van der Waals surface area (Å²) in [5, 5.41) is 0. The summed E-state index contributed by atoms with van der Waals surface area (Å²) in [7, 11) is 0. The van der Waals surface area contributed by atoms with Gasteiger partial charge in [0.2, 0.25) is 5.91 Å². The van der Waals surface area contributed by atoms with E-state index in [4.69, 9.17) is 5.73 Å². The Bertz CT molecular complexity index is 478. The minimum Gasteiger partial charge on any atom is -0.336 e. The second kappa shape index (κ2) is 7.95. The van der Waals surface area contributed by atoms with Crippen molar-refractivity contribution in [3.05, 3.63) is 34.3 Å². The van der Waals surface area contributed by atoms with E-state index >= 15 is 0 Å². The molecule has 0 aliphatic carbocycles. The number of nitrogens with zero attached hydrogens (tertiary/aromatic N) is 1. The van der Waals surface area contributed by atoms with Gasteiger partial charge in [0.1, 0.15) is 0 Å². The summed E-state index contributed by atoms with van der Waals surface area (Å²) in [6, 6.07) is 8.58. The van der Waals surface area contributed by atoms with E-state index in [1.807, 2.05) is 12.1 Å². The summed E-state index contributed by atoms with van der Waals surface area (Å²) in [6.07, 6.45) is 4.76. The van der Waals surface area contributed by atoms with Crippen LogP contribution in [0, 0.1) is 5.92 Å². The number of hydrogen-bond acceptors (Lipinski definition) is 2. The molecule has 0 spiro atoms. The first-order valence-electron chi connectivity index (χ1n) is 7.87. The molecule has 1 amide bonds. The minimum absolute atomic E-state index is 0.250. The number of likely N-dealkylation sites (tertiary alicyclic amines) is 1. The van der Waals surface area contributed by atoms with E-state index in [0.717, 1.165) is 36.7 Å². The molecule has 0 radical (unpaired) electrons. The molecule has 1 aliphatic rings. The highest BCUT2D eigenvalue weighted by Crippen LogP contribution is 2.33. The second-order valence-corrected chi connectivity index (χ2v) is 6.94. The van der Waals surface area contributed by atoms with Crippen molar-refractivity contribution in [1.29, 1.82) is 0 Å². The zero-order chi connectivity index (χ0) is 15.2. The highest BCUT2D eigenvalue weighted by atomic mass is 79.9. The van der Waals surface area contributed by atoms with Crippen LogP contribution in [0.15, 0.2) is 28.7 Å². The molecule has 116 valence electrons. The number of hydrogen-bond donors (Lipinski definition) is 1. The second-order valence-electron chi connectivity index (χ2n) is 6.02. The molecule has 2 N–H and O–H groups in total. The number of rotatable bonds is 6. The Balaban J connectivity index is 1.96. The van der Waals surface area contributed by atoms with E-state index in [9.17, 15) is 4.79 Å². The van der Waals surface area contributed by atoms with Crippen LogP contribution >= 0.6 is 15.9 Å². The van der Waals surface area contributed by atoms with Gasteiger partial charge in [-0.05, 0) is 55.8 Å². The van der Waals surface area contributed by atoms with Crippen LogP contribution in [0.1, 0.15) is 50.6 Å². The molecule has 1 saturated heterocycles. The predicted octanol–water partition coefficient (Wildman–Crippen LogP) is 3.88. The van der Waals surface area contributed by atoms with E-state index < -0.39 is 0 Å². The van der Waals surface area contributed by atoms with Crippen molar-refractivity contribution in [3.8, 4) is 0 Å². The van der Waals surface area contributed by atoms with E-state index in [2.05, 4.69) is 39.9 Å². The summed E-state index contributed by atoms with van der Waals surface area (Å²) in [6.45, 7) is 3.77. The summed E-state index contributed by atoms with van der Waals surface area (Å²) in [4.78, 5) is 14.6. The van der Waals surface area contributed by atoms with Gasteiger partial charge in [0.15, 0.2) is 0 Å². The van der Waals surface area contributed by atoms with Crippen molar-refractivity contribution < 1.29 is 4.79 Å².